The molecule has 61 valence electrons. The van der Waals surface area contributed by atoms with Crippen molar-refractivity contribution in [2.45, 2.75) is 6.61 Å². The van der Waals surface area contributed by atoms with Gasteiger partial charge >= 0.3 is 0 Å². The van der Waals surface area contributed by atoms with E-state index in [0.717, 1.165) is 12.1 Å². The fourth-order valence-electron chi connectivity index (χ4n) is 0.787. The van der Waals surface area contributed by atoms with E-state index in [4.69, 9.17) is 5.26 Å². The van der Waals surface area contributed by atoms with E-state index in [1.165, 1.54) is 6.07 Å². The summed E-state index contributed by atoms with van der Waals surface area (Å²) in [6, 6.07) is 3.67. The van der Waals surface area contributed by atoms with Gasteiger partial charge in [-0.25, -0.2) is 13.9 Å². The van der Waals surface area contributed by atoms with Crippen molar-refractivity contribution in [2.75, 3.05) is 0 Å². The maximum absolute atomic E-state index is 12.7. The number of hydrogen-bond acceptors (Lipinski definition) is 1. The minimum Gasteiger partial charge on any atom is -0.231 e. The van der Waals surface area contributed by atoms with E-state index in [2.05, 4.69) is 0 Å². The first-order valence-corrected chi connectivity index (χ1v) is 3.15. The molecular formula is C8H4F2NO. The lowest BCUT2D eigenvalue weighted by Crippen LogP contribution is -1.96. The molecule has 0 aliphatic rings. The van der Waals surface area contributed by atoms with Gasteiger partial charge in [-0.05, 0) is 6.07 Å². The molecule has 0 spiro atoms. The van der Waals surface area contributed by atoms with Crippen LogP contribution in [-0.2, 0) is 11.7 Å². The second kappa shape index (κ2) is 3.28. The van der Waals surface area contributed by atoms with E-state index >= 15 is 0 Å². The summed E-state index contributed by atoms with van der Waals surface area (Å²) in [6.07, 6.45) is 0. The Morgan fingerprint density at radius 1 is 1.33 bits per heavy atom. The van der Waals surface area contributed by atoms with Gasteiger partial charge in [-0.2, -0.15) is 5.26 Å². The first-order chi connectivity index (χ1) is 5.70. The molecule has 0 atom stereocenters. The predicted molar refractivity (Wildman–Crippen MR) is 35.5 cm³/mol. The van der Waals surface area contributed by atoms with Gasteiger partial charge in [0.15, 0.2) is 11.6 Å². The van der Waals surface area contributed by atoms with Crippen LogP contribution in [0.15, 0.2) is 12.1 Å². The first kappa shape index (κ1) is 8.62. The number of halogens is 2. The van der Waals surface area contributed by atoms with Crippen LogP contribution in [0.5, 0.6) is 0 Å². The second-order valence-electron chi connectivity index (χ2n) is 2.16. The largest absolute Gasteiger partial charge is 0.231 e. The predicted octanol–water partition coefficient (Wildman–Crippen LogP) is 1.77. The molecule has 1 rings (SSSR count). The van der Waals surface area contributed by atoms with E-state index in [-0.39, 0.29) is 11.1 Å². The Hall–Kier alpha value is -1.47. The van der Waals surface area contributed by atoms with Crippen LogP contribution in [0.1, 0.15) is 11.1 Å². The third-order valence-electron chi connectivity index (χ3n) is 1.44. The highest BCUT2D eigenvalue weighted by Crippen LogP contribution is 2.15. The highest BCUT2D eigenvalue weighted by molar-refractivity contribution is 5.34. The standard InChI is InChI=1S/C8H4F2NO/c9-7-5(3-11)1-2-6(4-12)8(7)10/h1-2H,4H2. The normalized spacial score (nSPS) is 9.50. The average molecular weight is 168 g/mol. The van der Waals surface area contributed by atoms with Crippen LogP contribution in [0.25, 0.3) is 0 Å². The van der Waals surface area contributed by atoms with Crippen LogP contribution < -0.4 is 0 Å². The zero-order valence-corrected chi connectivity index (χ0v) is 5.97. The number of benzene rings is 1. The summed E-state index contributed by atoms with van der Waals surface area (Å²) in [5.41, 5.74) is -0.642. The van der Waals surface area contributed by atoms with Crippen molar-refractivity contribution in [3.05, 3.63) is 34.9 Å². The van der Waals surface area contributed by atoms with Crippen molar-refractivity contribution >= 4 is 0 Å². The van der Waals surface area contributed by atoms with Crippen molar-refractivity contribution in [1.29, 1.82) is 5.26 Å². The van der Waals surface area contributed by atoms with Crippen molar-refractivity contribution in [1.82, 2.24) is 0 Å². The van der Waals surface area contributed by atoms with Gasteiger partial charge in [0.2, 0.25) is 0 Å². The quantitative estimate of drug-likeness (QED) is 0.630. The lowest BCUT2D eigenvalue weighted by Gasteiger charge is -1.99. The molecule has 0 heterocycles. The first-order valence-electron chi connectivity index (χ1n) is 3.15. The van der Waals surface area contributed by atoms with Crippen molar-refractivity contribution in [2.24, 2.45) is 0 Å². The number of nitriles is 1. The molecule has 2 nitrogen and oxygen atoms in total. The zero-order chi connectivity index (χ0) is 9.14. The monoisotopic (exact) mass is 168 g/mol. The van der Waals surface area contributed by atoms with Crippen LogP contribution in [0.3, 0.4) is 0 Å². The van der Waals surface area contributed by atoms with E-state index < -0.39 is 18.2 Å². The SMILES string of the molecule is N#Cc1ccc(C[O])c(F)c1F. The summed E-state index contributed by atoms with van der Waals surface area (Å²) in [4.78, 5) is 0. The Balaban J connectivity index is 3.32. The minimum atomic E-state index is -1.24. The highest BCUT2D eigenvalue weighted by Gasteiger charge is 2.12. The molecule has 0 fully saturated rings. The second-order valence-corrected chi connectivity index (χ2v) is 2.16. The van der Waals surface area contributed by atoms with Gasteiger partial charge in [-0.1, -0.05) is 6.07 Å². The van der Waals surface area contributed by atoms with Gasteiger partial charge < -0.3 is 0 Å². The number of nitrogens with zero attached hydrogens (tertiary/aromatic N) is 1. The Bertz CT molecular complexity index is 344. The van der Waals surface area contributed by atoms with Gasteiger partial charge in [-0.15, -0.1) is 0 Å². The molecule has 0 aliphatic heterocycles. The van der Waals surface area contributed by atoms with Gasteiger partial charge in [-0.3, -0.25) is 0 Å². The van der Waals surface area contributed by atoms with E-state index in [9.17, 15) is 13.9 Å². The molecule has 0 N–H and O–H groups in total. The molecule has 1 aromatic rings. The summed E-state index contributed by atoms with van der Waals surface area (Å²) in [5, 5.41) is 18.5. The summed E-state index contributed by atoms with van der Waals surface area (Å²) < 4.78 is 25.4. The van der Waals surface area contributed by atoms with Crippen molar-refractivity contribution in [3.63, 3.8) is 0 Å². The number of rotatable bonds is 1. The highest BCUT2D eigenvalue weighted by atomic mass is 19.2. The van der Waals surface area contributed by atoms with Gasteiger partial charge in [0.1, 0.15) is 12.7 Å². The smallest absolute Gasteiger partial charge is 0.176 e. The maximum Gasteiger partial charge on any atom is 0.176 e. The summed E-state index contributed by atoms with van der Waals surface area (Å²) in [5.74, 6) is -2.46. The van der Waals surface area contributed by atoms with Gasteiger partial charge in [0.25, 0.3) is 0 Å². The molecule has 1 aromatic carbocycles. The minimum absolute atomic E-state index is 0.258. The molecule has 0 amide bonds. The summed E-state index contributed by atoms with van der Waals surface area (Å²) in [6.45, 7) is -0.825. The fourth-order valence-corrected chi connectivity index (χ4v) is 0.787. The van der Waals surface area contributed by atoms with Gasteiger partial charge in [0, 0.05) is 5.56 Å². The average Bonchev–Trinajstić information content (AvgIpc) is 2.10. The lowest BCUT2D eigenvalue weighted by atomic mass is 10.1. The molecular weight excluding hydrogens is 164 g/mol. The van der Waals surface area contributed by atoms with Crippen LogP contribution in [0.4, 0.5) is 8.78 Å². The number of hydrogen-bond donors (Lipinski definition) is 0. The third-order valence-corrected chi connectivity index (χ3v) is 1.44. The lowest BCUT2D eigenvalue weighted by molar-refractivity contribution is 0.173. The van der Waals surface area contributed by atoms with Crippen LogP contribution in [-0.4, -0.2) is 0 Å². The van der Waals surface area contributed by atoms with E-state index in [1.54, 1.807) is 0 Å². The molecule has 4 heteroatoms. The van der Waals surface area contributed by atoms with E-state index in [0.29, 0.717) is 0 Å². The summed E-state index contributed by atoms with van der Waals surface area (Å²) in [7, 11) is 0. The van der Waals surface area contributed by atoms with Crippen molar-refractivity contribution < 1.29 is 13.9 Å². The van der Waals surface area contributed by atoms with Crippen molar-refractivity contribution in [3.8, 4) is 6.07 Å². The van der Waals surface area contributed by atoms with E-state index in [1.807, 2.05) is 0 Å². The Labute approximate surface area is 67.7 Å². The third kappa shape index (κ3) is 1.27. The molecule has 0 aliphatic carbocycles. The Morgan fingerprint density at radius 3 is 2.50 bits per heavy atom. The Morgan fingerprint density at radius 2 is 2.00 bits per heavy atom. The molecule has 1 radical (unpaired) electrons. The van der Waals surface area contributed by atoms with Crippen LogP contribution >= 0.6 is 0 Å². The zero-order valence-electron chi connectivity index (χ0n) is 5.97. The summed E-state index contributed by atoms with van der Waals surface area (Å²) >= 11 is 0. The van der Waals surface area contributed by atoms with Crippen LogP contribution in [0, 0.1) is 23.0 Å². The molecule has 12 heavy (non-hydrogen) atoms. The molecule has 0 saturated carbocycles. The fraction of sp³-hybridized carbons (Fsp3) is 0.125. The maximum atomic E-state index is 12.7. The molecule has 0 saturated heterocycles. The van der Waals surface area contributed by atoms with Gasteiger partial charge in [0.05, 0.1) is 5.56 Å². The van der Waals surface area contributed by atoms with Crippen LogP contribution in [0.2, 0.25) is 0 Å². The topological polar surface area (TPSA) is 43.7 Å². The Kier molecular flexibility index (Phi) is 2.36. The molecule has 0 aromatic heterocycles. The molecule has 0 unspecified atom stereocenters. The molecule has 0 bridgehead atoms.